The first-order valence-electron chi connectivity index (χ1n) is 6.11. The van der Waals surface area contributed by atoms with E-state index in [0.717, 1.165) is 31.7 Å². The zero-order valence-corrected chi connectivity index (χ0v) is 11.0. The second-order valence-corrected chi connectivity index (χ2v) is 5.17. The minimum atomic E-state index is 0.635. The van der Waals surface area contributed by atoms with E-state index >= 15 is 0 Å². The van der Waals surface area contributed by atoms with Crippen molar-refractivity contribution in [1.82, 2.24) is 4.98 Å². The van der Waals surface area contributed by atoms with Crippen molar-refractivity contribution in [3.8, 4) is 0 Å². The normalized spacial score (nSPS) is 12.8. The predicted octanol–water partition coefficient (Wildman–Crippen LogP) is 3.08. The van der Waals surface area contributed by atoms with Gasteiger partial charge in [0.25, 0.3) is 0 Å². The lowest BCUT2D eigenvalue weighted by Gasteiger charge is -2.15. The summed E-state index contributed by atoms with van der Waals surface area (Å²) in [4.78, 5) is 4.41. The number of rotatable bonds is 6. The maximum absolute atomic E-state index is 5.61. The maximum atomic E-state index is 5.61. The van der Waals surface area contributed by atoms with Gasteiger partial charge in [-0.1, -0.05) is 13.3 Å². The van der Waals surface area contributed by atoms with E-state index in [0.29, 0.717) is 5.92 Å². The molecule has 3 N–H and O–H groups in total. The molecule has 2 rings (SSSR count). The number of hydrogen-bond donors (Lipinski definition) is 2. The van der Waals surface area contributed by atoms with E-state index in [1.165, 1.54) is 10.1 Å². The minimum Gasteiger partial charge on any atom is -0.369 e. The number of thiophene rings is 1. The van der Waals surface area contributed by atoms with Crippen LogP contribution in [0, 0.1) is 5.92 Å². The molecular formula is C13H19N3S. The fraction of sp³-hybridized carbons (Fsp3) is 0.462. The Kier molecular flexibility index (Phi) is 4.34. The number of anilines is 1. The first-order valence-corrected chi connectivity index (χ1v) is 6.99. The molecule has 2 aromatic heterocycles. The number of nitrogens with zero attached hydrogens (tertiary/aromatic N) is 1. The van der Waals surface area contributed by atoms with Crippen molar-refractivity contribution >= 4 is 27.2 Å². The lowest BCUT2D eigenvalue weighted by Crippen LogP contribution is -2.17. The van der Waals surface area contributed by atoms with Crippen LogP contribution in [0.4, 0.5) is 5.82 Å². The summed E-state index contributed by atoms with van der Waals surface area (Å²) < 4.78 is 1.29. The molecule has 0 amide bonds. The molecule has 0 saturated carbocycles. The Morgan fingerprint density at radius 1 is 1.47 bits per heavy atom. The summed E-state index contributed by atoms with van der Waals surface area (Å²) in [6.45, 7) is 3.92. The van der Waals surface area contributed by atoms with E-state index in [1.807, 2.05) is 6.20 Å². The Morgan fingerprint density at radius 3 is 3.12 bits per heavy atom. The van der Waals surface area contributed by atoms with E-state index in [2.05, 4.69) is 34.7 Å². The average Bonchev–Trinajstić information content (AvgIpc) is 2.83. The van der Waals surface area contributed by atoms with E-state index in [1.54, 1.807) is 11.3 Å². The van der Waals surface area contributed by atoms with Crippen LogP contribution in [0.15, 0.2) is 23.7 Å². The maximum Gasteiger partial charge on any atom is 0.134 e. The van der Waals surface area contributed by atoms with Crippen molar-refractivity contribution in [2.75, 3.05) is 18.4 Å². The molecule has 0 bridgehead atoms. The number of fused-ring (bicyclic) bond motifs is 1. The van der Waals surface area contributed by atoms with Gasteiger partial charge in [0.2, 0.25) is 0 Å². The van der Waals surface area contributed by atoms with Crippen LogP contribution in [0.5, 0.6) is 0 Å². The predicted molar refractivity (Wildman–Crippen MR) is 75.6 cm³/mol. The van der Waals surface area contributed by atoms with Crippen LogP contribution in [0.25, 0.3) is 10.1 Å². The van der Waals surface area contributed by atoms with E-state index in [9.17, 15) is 0 Å². The van der Waals surface area contributed by atoms with Gasteiger partial charge in [-0.15, -0.1) is 11.3 Å². The molecule has 0 fully saturated rings. The number of aromatic nitrogens is 1. The molecule has 1 atom stereocenters. The van der Waals surface area contributed by atoms with E-state index in [-0.39, 0.29) is 0 Å². The number of pyridine rings is 1. The van der Waals surface area contributed by atoms with Gasteiger partial charge in [-0.3, -0.25) is 0 Å². The van der Waals surface area contributed by atoms with Gasteiger partial charge in [0, 0.05) is 22.8 Å². The molecule has 17 heavy (non-hydrogen) atoms. The van der Waals surface area contributed by atoms with Gasteiger partial charge in [-0.25, -0.2) is 4.98 Å². The quantitative estimate of drug-likeness (QED) is 0.827. The Morgan fingerprint density at radius 2 is 2.35 bits per heavy atom. The third kappa shape index (κ3) is 2.96. The fourth-order valence-corrected chi connectivity index (χ4v) is 2.74. The second-order valence-electron chi connectivity index (χ2n) is 4.22. The van der Waals surface area contributed by atoms with Crippen molar-refractivity contribution in [2.45, 2.75) is 19.8 Å². The monoisotopic (exact) mass is 249 g/mol. The van der Waals surface area contributed by atoms with Crippen LogP contribution in [0.2, 0.25) is 0 Å². The molecule has 4 heteroatoms. The lowest BCUT2D eigenvalue weighted by molar-refractivity contribution is 0.501. The van der Waals surface area contributed by atoms with Gasteiger partial charge in [0.05, 0.1) is 0 Å². The average molecular weight is 249 g/mol. The molecule has 0 spiro atoms. The van der Waals surface area contributed by atoms with Crippen molar-refractivity contribution in [3.63, 3.8) is 0 Å². The van der Waals surface area contributed by atoms with Crippen molar-refractivity contribution in [3.05, 3.63) is 23.7 Å². The molecule has 2 heterocycles. The molecule has 0 saturated heterocycles. The highest BCUT2D eigenvalue weighted by molar-refractivity contribution is 7.17. The van der Waals surface area contributed by atoms with Gasteiger partial charge in [0.15, 0.2) is 0 Å². The highest BCUT2D eigenvalue weighted by atomic mass is 32.1. The Bertz CT molecular complexity index is 466. The molecule has 0 aliphatic carbocycles. The highest BCUT2D eigenvalue weighted by Crippen LogP contribution is 2.26. The number of nitrogens with one attached hydrogen (secondary N) is 1. The summed E-state index contributed by atoms with van der Waals surface area (Å²) in [6.07, 6.45) is 4.10. The standard InChI is InChI=1S/C13H19N3S/c1-2-10(3-6-14)9-16-13-11-5-8-17-12(11)4-7-15-13/h4-5,7-8,10H,2-3,6,9,14H2,1H3,(H,15,16). The first-order chi connectivity index (χ1) is 8.35. The third-order valence-corrected chi connectivity index (χ3v) is 3.97. The van der Waals surface area contributed by atoms with Crippen LogP contribution in [-0.4, -0.2) is 18.1 Å². The Balaban J connectivity index is 2.05. The van der Waals surface area contributed by atoms with E-state index in [4.69, 9.17) is 5.73 Å². The molecule has 1 unspecified atom stereocenters. The van der Waals surface area contributed by atoms with Gasteiger partial charge < -0.3 is 11.1 Å². The summed E-state index contributed by atoms with van der Waals surface area (Å²) in [6, 6.07) is 4.18. The van der Waals surface area contributed by atoms with Gasteiger partial charge in [-0.2, -0.15) is 0 Å². The lowest BCUT2D eigenvalue weighted by atomic mass is 10.0. The largest absolute Gasteiger partial charge is 0.369 e. The van der Waals surface area contributed by atoms with Crippen LogP contribution in [0.3, 0.4) is 0 Å². The zero-order chi connectivity index (χ0) is 12.1. The van der Waals surface area contributed by atoms with Crippen molar-refractivity contribution in [1.29, 1.82) is 0 Å². The third-order valence-electron chi connectivity index (χ3n) is 3.09. The summed E-state index contributed by atoms with van der Waals surface area (Å²) in [7, 11) is 0. The highest BCUT2D eigenvalue weighted by Gasteiger charge is 2.07. The molecule has 0 aromatic carbocycles. The second kappa shape index (κ2) is 5.98. The minimum absolute atomic E-state index is 0.635. The van der Waals surface area contributed by atoms with Crippen LogP contribution >= 0.6 is 11.3 Å². The van der Waals surface area contributed by atoms with Gasteiger partial charge in [-0.05, 0) is 36.4 Å². The number of hydrogen-bond acceptors (Lipinski definition) is 4. The summed E-state index contributed by atoms with van der Waals surface area (Å²) >= 11 is 1.75. The smallest absolute Gasteiger partial charge is 0.134 e. The summed E-state index contributed by atoms with van der Waals surface area (Å²) in [5.74, 6) is 1.63. The molecule has 2 aromatic rings. The van der Waals surface area contributed by atoms with Crippen LogP contribution < -0.4 is 11.1 Å². The van der Waals surface area contributed by atoms with Crippen LogP contribution in [-0.2, 0) is 0 Å². The fourth-order valence-electron chi connectivity index (χ4n) is 1.96. The van der Waals surface area contributed by atoms with Gasteiger partial charge in [0.1, 0.15) is 5.82 Å². The molecule has 0 aliphatic rings. The Hall–Kier alpha value is -1.13. The van der Waals surface area contributed by atoms with Crippen molar-refractivity contribution < 1.29 is 0 Å². The SMILES string of the molecule is CCC(CCN)CNc1nccc2sccc12. The van der Waals surface area contributed by atoms with E-state index < -0.39 is 0 Å². The molecular weight excluding hydrogens is 230 g/mol. The number of nitrogens with two attached hydrogens (primary N) is 1. The Labute approximate surface area is 106 Å². The first kappa shape index (κ1) is 12.3. The topological polar surface area (TPSA) is 50.9 Å². The van der Waals surface area contributed by atoms with Gasteiger partial charge >= 0.3 is 0 Å². The zero-order valence-electron chi connectivity index (χ0n) is 10.1. The summed E-state index contributed by atoms with van der Waals surface area (Å²) in [5.41, 5.74) is 5.61. The molecule has 3 nitrogen and oxygen atoms in total. The van der Waals surface area contributed by atoms with Crippen LogP contribution in [0.1, 0.15) is 19.8 Å². The molecule has 92 valence electrons. The van der Waals surface area contributed by atoms with Crippen molar-refractivity contribution in [2.24, 2.45) is 11.7 Å². The summed E-state index contributed by atoms with van der Waals surface area (Å²) in [5, 5.41) is 6.78. The molecule has 0 aliphatic heterocycles. The molecule has 0 radical (unpaired) electrons.